The Morgan fingerprint density at radius 1 is 1.32 bits per heavy atom. The molecule has 3 heterocycles. The molecule has 9 heteroatoms. The van der Waals surface area contributed by atoms with Crippen LogP contribution in [0.5, 0.6) is 0 Å². The normalized spacial score (nSPS) is 18.6. The van der Waals surface area contributed by atoms with Gasteiger partial charge >= 0.3 is 0 Å². The van der Waals surface area contributed by atoms with Crippen molar-refractivity contribution < 1.29 is 9.53 Å². The number of amides is 1. The minimum absolute atomic E-state index is 0. The van der Waals surface area contributed by atoms with Gasteiger partial charge in [-0.05, 0) is 25.9 Å². The first-order valence-corrected chi connectivity index (χ1v) is 9.51. The van der Waals surface area contributed by atoms with E-state index < -0.39 is 0 Å². The molecular weight excluding hydrogens is 362 g/mol. The van der Waals surface area contributed by atoms with Gasteiger partial charge in [-0.3, -0.25) is 4.79 Å². The molecule has 1 aromatic rings. The van der Waals surface area contributed by atoms with Crippen LogP contribution in [0.4, 0.5) is 0 Å². The molecule has 0 aliphatic carbocycles. The number of halogens is 1. The predicted molar refractivity (Wildman–Crippen MR) is 100 cm³/mol. The van der Waals surface area contributed by atoms with Crippen LogP contribution in [-0.4, -0.2) is 70.7 Å². The number of nitrogens with zero attached hydrogens (tertiary/aromatic N) is 4. The van der Waals surface area contributed by atoms with Gasteiger partial charge in [-0.2, -0.15) is 0 Å². The molecule has 0 saturated carbocycles. The third-order valence-corrected chi connectivity index (χ3v) is 5.40. The fourth-order valence-corrected chi connectivity index (χ4v) is 3.98. The third kappa shape index (κ3) is 5.20. The van der Waals surface area contributed by atoms with Crippen molar-refractivity contribution in [3.05, 3.63) is 18.5 Å². The zero-order valence-corrected chi connectivity index (χ0v) is 16.0. The maximum Gasteiger partial charge on any atom is 0.233 e. The first-order valence-electron chi connectivity index (χ1n) is 8.52. The Morgan fingerprint density at radius 3 is 2.72 bits per heavy atom. The molecule has 1 aromatic heterocycles. The van der Waals surface area contributed by atoms with Crippen LogP contribution in [0, 0.1) is 0 Å². The smallest absolute Gasteiger partial charge is 0.233 e. The van der Waals surface area contributed by atoms with Crippen molar-refractivity contribution in [1.82, 2.24) is 25.0 Å². The third-order valence-electron chi connectivity index (χ3n) is 4.45. The molecule has 1 amide bonds. The number of carbonyl (C=O) groups excluding carboxylic acids is 1. The van der Waals surface area contributed by atoms with E-state index in [0.29, 0.717) is 44.5 Å². The lowest BCUT2D eigenvalue weighted by Crippen LogP contribution is -2.41. The van der Waals surface area contributed by atoms with Crippen molar-refractivity contribution in [3.8, 4) is 0 Å². The quantitative estimate of drug-likeness (QED) is 0.586. The first-order chi connectivity index (χ1) is 11.8. The van der Waals surface area contributed by atoms with Crippen molar-refractivity contribution in [2.24, 2.45) is 0 Å². The summed E-state index contributed by atoms with van der Waals surface area (Å²) in [6.45, 7) is 9.18. The summed E-state index contributed by atoms with van der Waals surface area (Å²) in [4.78, 5) is 14.2. The summed E-state index contributed by atoms with van der Waals surface area (Å²) in [5.74, 6) is 1.99. The fourth-order valence-electron chi connectivity index (χ4n) is 3.12. The second kappa shape index (κ2) is 10.2. The lowest BCUT2D eigenvalue weighted by atomic mass is 9.97. The number of nitrogens with one attached hydrogen (secondary N) is 1. The SMILES string of the molecule is C=CCn1c(SCC(=O)N2CCOCC2)nnc1C1CCNCC1.Cl. The van der Waals surface area contributed by atoms with Gasteiger partial charge in [0.2, 0.25) is 5.91 Å². The second-order valence-electron chi connectivity index (χ2n) is 6.05. The number of allylic oxidation sites excluding steroid dienone is 1. The van der Waals surface area contributed by atoms with Gasteiger partial charge in [0.25, 0.3) is 0 Å². The van der Waals surface area contributed by atoms with E-state index in [1.165, 1.54) is 11.8 Å². The number of carbonyl (C=O) groups is 1. The molecule has 0 bridgehead atoms. The molecule has 2 saturated heterocycles. The predicted octanol–water partition coefficient (Wildman–Crippen LogP) is 1.30. The van der Waals surface area contributed by atoms with E-state index in [1.54, 1.807) is 0 Å². The second-order valence-corrected chi connectivity index (χ2v) is 6.99. The average Bonchev–Trinajstić information content (AvgIpc) is 3.04. The van der Waals surface area contributed by atoms with E-state index in [4.69, 9.17) is 4.74 Å². The molecule has 0 radical (unpaired) electrons. The maximum absolute atomic E-state index is 12.3. The van der Waals surface area contributed by atoms with E-state index in [1.807, 2.05) is 11.0 Å². The van der Waals surface area contributed by atoms with Gasteiger partial charge in [-0.25, -0.2) is 0 Å². The molecular formula is C16H26ClN5O2S. The summed E-state index contributed by atoms with van der Waals surface area (Å²) in [5.41, 5.74) is 0. The minimum Gasteiger partial charge on any atom is -0.378 e. The van der Waals surface area contributed by atoms with Crippen LogP contribution in [0.2, 0.25) is 0 Å². The molecule has 25 heavy (non-hydrogen) atoms. The molecule has 0 spiro atoms. The Balaban J connectivity index is 0.00000225. The summed E-state index contributed by atoms with van der Waals surface area (Å²) < 4.78 is 7.40. The number of hydrogen-bond donors (Lipinski definition) is 1. The zero-order chi connectivity index (χ0) is 16.8. The van der Waals surface area contributed by atoms with Crippen LogP contribution < -0.4 is 5.32 Å². The van der Waals surface area contributed by atoms with E-state index in [9.17, 15) is 4.79 Å². The minimum atomic E-state index is 0. The van der Waals surface area contributed by atoms with E-state index >= 15 is 0 Å². The molecule has 0 aromatic carbocycles. The number of piperidine rings is 1. The molecule has 140 valence electrons. The van der Waals surface area contributed by atoms with Crippen LogP contribution in [0.25, 0.3) is 0 Å². The highest BCUT2D eigenvalue weighted by Crippen LogP contribution is 2.27. The van der Waals surface area contributed by atoms with Crippen molar-refractivity contribution in [3.63, 3.8) is 0 Å². The highest BCUT2D eigenvalue weighted by molar-refractivity contribution is 7.99. The lowest BCUT2D eigenvalue weighted by Gasteiger charge is -2.26. The number of morpholine rings is 1. The highest BCUT2D eigenvalue weighted by atomic mass is 35.5. The van der Waals surface area contributed by atoms with E-state index in [2.05, 4.69) is 26.7 Å². The molecule has 0 atom stereocenters. The number of rotatable bonds is 6. The summed E-state index contributed by atoms with van der Waals surface area (Å²) >= 11 is 1.47. The largest absolute Gasteiger partial charge is 0.378 e. The van der Waals surface area contributed by atoms with Crippen molar-refractivity contribution in [2.75, 3.05) is 45.1 Å². The molecule has 2 fully saturated rings. The van der Waals surface area contributed by atoms with E-state index in [0.717, 1.165) is 36.9 Å². The van der Waals surface area contributed by atoms with Gasteiger partial charge in [0.1, 0.15) is 5.82 Å². The Bertz CT molecular complexity index is 571. The Labute approximate surface area is 159 Å². The van der Waals surface area contributed by atoms with Crippen LogP contribution in [0.1, 0.15) is 24.6 Å². The van der Waals surface area contributed by atoms with Gasteiger partial charge in [-0.15, -0.1) is 29.2 Å². The van der Waals surface area contributed by atoms with E-state index in [-0.39, 0.29) is 18.3 Å². The number of thioether (sulfide) groups is 1. The molecule has 2 aliphatic rings. The molecule has 2 aliphatic heterocycles. The first kappa shape index (κ1) is 20.2. The van der Waals surface area contributed by atoms with Crippen molar-refractivity contribution in [1.29, 1.82) is 0 Å². The molecule has 1 N–H and O–H groups in total. The summed E-state index contributed by atoms with van der Waals surface area (Å²) in [6, 6.07) is 0. The van der Waals surface area contributed by atoms with Gasteiger partial charge in [-0.1, -0.05) is 17.8 Å². The molecule has 0 unspecified atom stereocenters. The van der Waals surface area contributed by atoms with Crippen molar-refractivity contribution >= 4 is 30.1 Å². The van der Waals surface area contributed by atoms with Gasteiger partial charge in [0, 0.05) is 25.6 Å². The average molecular weight is 388 g/mol. The van der Waals surface area contributed by atoms with Crippen LogP contribution in [0.3, 0.4) is 0 Å². The highest BCUT2D eigenvalue weighted by Gasteiger charge is 2.24. The number of ether oxygens (including phenoxy) is 1. The van der Waals surface area contributed by atoms with Gasteiger partial charge < -0.3 is 19.5 Å². The monoisotopic (exact) mass is 387 g/mol. The van der Waals surface area contributed by atoms with Crippen LogP contribution in [-0.2, 0) is 16.1 Å². The summed E-state index contributed by atoms with van der Waals surface area (Å²) in [5, 5.41) is 12.9. The standard InChI is InChI=1S/C16H25N5O2S.ClH/c1-2-7-21-15(13-3-5-17-6-4-13)18-19-16(21)24-12-14(22)20-8-10-23-11-9-20;/h2,13,17H,1,3-12H2;1H. The number of hydrogen-bond acceptors (Lipinski definition) is 6. The lowest BCUT2D eigenvalue weighted by molar-refractivity contribution is -0.132. The Hall–Kier alpha value is -1.09. The Kier molecular flexibility index (Phi) is 8.21. The zero-order valence-electron chi connectivity index (χ0n) is 14.4. The summed E-state index contributed by atoms with van der Waals surface area (Å²) in [7, 11) is 0. The van der Waals surface area contributed by atoms with Gasteiger partial charge in [0.15, 0.2) is 5.16 Å². The topological polar surface area (TPSA) is 72.3 Å². The maximum atomic E-state index is 12.3. The Morgan fingerprint density at radius 2 is 2.04 bits per heavy atom. The summed E-state index contributed by atoms with van der Waals surface area (Å²) in [6.07, 6.45) is 4.01. The number of aromatic nitrogens is 3. The van der Waals surface area contributed by atoms with Crippen molar-refractivity contribution in [2.45, 2.75) is 30.5 Å². The molecule has 7 nitrogen and oxygen atoms in total. The van der Waals surface area contributed by atoms with Crippen LogP contribution in [0.15, 0.2) is 17.8 Å². The van der Waals surface area contributed by atoms with Crippen LogP contribution >= 0.6 is 24.2 Å². The molecule has 3 rings (SSSR count). The van der Waals surface area contributed by atoms with Gasteiger partial charge in [0.05, 0.1) is 19.0 Å². The fraction of sp³-hybridized carbons (Fsp3) is 0.688.